The minimum Gasteiger partial charge on any atom is -0.375 e. The topological polar surface area (TPSA) is 27.7 Å². The van der Waals surface area contributed by atoms with E-state index in [4.69, 9.17) is 14.2 Å². The van der Waals surface area contributed by atoms with Crippen LogP contribution in [0.25, 0.3) is 0 Å². The molecule has 0 fully saturated rings. The van der Waals surface area contributed by atoms with Crippen molar-refractivity contribution in [2.24, 2.45) is 0 Å². The molecule has 0 aromatic rings. The van der Waals surface area contributed by atoms with Crippen LogP contribution in [0.1, 0.15) is 32.6 Å². The summed E-state index contributed by atoms with van der Waals surface area (Å²) in [6.07, 6.45) is 11.5. The van der Waals surface area contributed by atoms with E-state index in [1.165, 1.54) is 12.8 Å². The zero-order valence-electron chi connectivity index (χ0n) is 13.6. The third-order valence-corrected chi connectivity index (χ3v) is 3.24. The van der Waals surface area contributed by atoms with E-state index in [0.29, 0.717) is 19.8 Å². The Morgan fingerprint density at radius 2 is 2.00 bits per heavy atom. The first-order chi connectivity index (χ1) is 10.8. The summed E-state index contributed by atoms with van der Waals surface area (Å²) in [4.78, 5) is 0. The zero-order valence-corrected chi connectivity index (χ0v) is 13.6. The Hall–Kier alpha value is -1.34. The Labute approximate surface area is 135 Å². The zero-order chi connectivity index (χ0) is 16.0. The molecule has 1 rings (SSSR count). The molecule has 0 bridgehead atoms. The molecule has 0 saturated carbocycles. The molecule has 0 aromatic heterocycles. The molecular formula is C19H28O3. The first-order valence-corrected chi connectivity index (χ1v) is 8.05. The summed E-state index contributed by atoms with van der Waals surface area (Å²) in [7, 11) is 0. The van der Waals surface area contributed by atoms with Crippen molar-refractivity contribution in [3.63, 3.8) is 0 Å². The first kappa shape index (κ1) is 18.7. The second-order valence-electron chi connectivity index (χ2n) is 5.17. The molecule has 1 heterocycles. The molecule has 0 N–H and O–H groups in total. The highest BCUT2D eigenvalue weighted by Gasteiger charge is 2.27. The fourth-order valence-electron chi connectivity index (χ4n) is 2.11. The number of hydrogen-bond donors (Lipinski definition) is 0. The number of hydrogen-bond acceptors (Lipinski definition) is 3. The smallest absolute Gasteiger partial charge is 0.137 e. The van der Waals surface area contributed by atoms with Crippen molar-refractivity contribution in [3.05, 3.63) is 37.5 Å². The molecule has 0 aliphatic carbocycles. The normalized spacial score (nSPS) is 23.6. The van der Waals surface area contributed by atoms with Crippen LogP contribution in [0.2, 0.25) is 0 Å². The van der Waals surface area contributed by atoms with E-state index in [1.54, 1.807) is 12.2 Å². The summed E-state index contributed by atoms with van der Waals surface area (Å²) in [5.41, 5.74) is 0. The van der Waals surface area contributed by atoms with Crippen LogP contribution in [0, 0.1) is 11.8 Å². The highest BCUT2D eigenvalue weighted by Crippen LogP contribution is 2.16. The summed E-state index contributed by atoms with van der Waals surface area (Å²) >= 11 is 0. The summed E-state index contributed by atoms with van der Waals surface area (Å²) in [6, 6.07) is 0. The largest absolute Gasteiger partial charge is 0.375 e. The average Bonchev–Trinajstić information content (AvgIpc) is 2.54. The minimum absolute atomic E-state index is 0.124. The maximum atomic E-state index is 5.97. The predicted octanol–water partition coefficient (Wildman–Crippen LogP) is 3.67. The van der Waals surface area contributed by atoms with Gasteiger partial charge in [0, 0.05) is 6.42 Å². The van der Waals surface area contributed by atoms with Crippen molar-refractivity contribution in [1.29, 1.82) is 0 Å². The van der Waals surface area contributed by atoms with Gasteiger partial charge in [-0.15, -0.1) is 19.1 Å². The van der Waals surface area contributed by atoms with Gasteiger partial charge in [-0.2, -0.15) is 0 Å². The second kappa shape index (κ2) is 12.2. The van der Waals surface area contributed by atoms with Crippen LogP contribution in [0.15, 0.2) is 37.5 Å². The van der Waals surface area contributed by atoms with Crippen LogP contribution in [0.4, 0.5) is 0 Å². The fourth-order valence-corrected chi connectivity index (χ4v) is 2.11. The number of unbranched alkanes of at least 4 members (excludes halogenated alkanes) is 3. The fraction of sp³-hybridized carbons (Fsp3) is 0.579. The highest BCUT2D eigenvalue weighted by atomic mass is 16.6. The summed E-state index contributed by atoms with van der Waals surface area (Å²) in [5, 5.41) is 0. The number of rotatable bonds is 10. The maximum absolute atomic E-state index is 5.97. The molecular weight excluding hydrogens is 276 g/mol. The molecule has 0 unspecified atom stereocenters. The van der Waals surface area contributed by atoms with Crippen molar-refractivity contribution in [1.82, 2.24) is 0 Å². The highest BCUT2D eigenvalue weighted by molar-refractivity contribution is 5.17. The van der Waals surface area contributed by atoms with Crippen molar-refractivity contribution >= 4 is 0 Å². The standard InChI is InChI=1S/C19H28O3/c1-4-7-8-9-10-11-17-12-13-18(21-15-6-3)19(22-17)16-20-14-5-2/h5-6,12-13,17-19H,2-4,7-9,14-16H2,1H3/t17-,18+,19-/m1/s1. The van der Waals surface area contributed by atoms with Gasteiger partial charge in [-0.25, -0.2) is 0 Å². The third-order valence-electron chi connectivity index (χ3n) is 3.24. The van der Waals surface area contributed by atoms with Crippen molar-refractivity contribution in [3.8, 4) is 11.8 Å². The van der Waals surface area contributed by atoms with Gasteiger partial charge in [0.05, 0.1) is 19.8 Å². The Kier molecular flexibility index (Phi) is 10.4. The Morgan fingerprint density at radius 3 is 2.73 bits per heavy atom. The molecule has 0 saturated heterocycles. The summed E-state index contributed by atoms with van der Waals surface area (Å²) in [6.45, 7) is 11.0. The van der Waals surface area contributed by atoms with Crippen LogP contribution in [-0.2, 0) is 14.2 Å². The molecule has 0 amide bonds. The van der Waals surface area contributed by atoms with Crippen LogP contribution in [0.3, 0.4) is 0 Å². The molecule has 3 heteroatoms. The van der Waals surface area contributed by atoms with Gasteiger partial charge in [0.15, 0.2) is 0 Å². The molecule has 1 aliphatic rings. The monoisotopic (exact) mass is 304 g/mol. The van der Waals surface area contributed by atoms with Gasteiger partial charge in [-0.3, -0.25) is 0 Å². The van der Waals surface area contributed by atoms with E-state index in [2.05, 4.69) is 31.9 Å². The molecule has 3 nitrogen and oxygen atoms in total. The Bertz CT molecular complexity index is 403. The summed E-state index contributed by atoms with van der Waals surface area (Å²) in [5.74, 6) is 6.36. The van der Waals surface area contributed by atoms with Crippen molar-refractivity contribution in [2.45, 2.75) is 50.9 Å². The molecule has 0 spiro atoms. The Balaban J connectivity index is 2.52. The third kappa shape index (κ3) is 7.61. The molecule has 0 aromatic carbocycles. The second-order valence-corrected chi connectivity index (χ2v) is 5.17. The van der Waals surface area contributed by atoms with E-state index >= 15 is 0 Å². The molecule has 3 atom stereocenters. The van der Waals surface area contributed by atoms with E-state index in [1.807, 2.05) is 12.2 Å². The quantitative estimate of drug-likeness (QED) is 0.350. The van der Waals surface area contributed by atoms with E-state index in [9.17, 15) is 0 Å². The lowest BCUT2D eigenvalue weighted by molar-refractivity contribution is -0.0936. The van der Waals surface area contributed by atoms with Gasteiger partial charge < -0.3 is 14.2 Å². The maximum Gasteiger partial charge on any atom is 0.137 e. The van der Waals surface area contributed by atoms with Crippen LogP contribution in [-0.4, -0.2) is 38.1 Å². The van der Waals surface area contributed by atoms with Crippen LogP contribution >= 0.6 is 0 Å². The van der Waals surface area contributed by atoms with Gasteiger partial charge in [-0.05, 0) is 12.5 Å². The van der Waals surface area contributed by atoms with Crippen molar-refractivity contribution in [2.75, 3.05) is 19.8 Å². The lowest BCUT2D eigenvalue weighted by Crippen LogP contribution is -2.40. The molecule has 0 radical (unpaired) electrons. The van der Waals surface area contributed by atoms with E-state index in [0.717, 1.165) is 12.8 Å². The van der Waals surface area contributed by atoms with Gasteiger partial charge in [0.25, 0.3) is 0 Å². The van der Waals surface area contributed by atoms with E-state index in [-0.39, 0.29) is 18.3 Å². The molecule has 22 heavy (non-hydrogen) atoms. The first-order valence-electron chi connectivity index (χ1n) is 8.05. The van der Waals surface area contributed by atoms with E-state index < -0.39 is 0 Å². The van der Waals surface area contributed by atoms with Gasteiger partial charge >= 0.3 is 0 Å². The van der Waals surface area contributed by atoms with Crippen molar-refractivity contribution < 1.29 is 14.2 Å². The summed E-state index contributed by atoms with van der Waals surface area (Å²) < 4.78 is 17.2. The lowest BCUT2D eigenvalue weighted by Gasteiger charge is -2.30. The minimum atomic E-state index is -0.178. The van der Waals surface area contributed by atoms with Crippen LogP contribution in [0.5, 0.6) is 0 Å². The number of ether oxygens (including phenoxy) is 3. The van der Waals surface area contributed by atoms with Crippen LogP contribution < -0.4 is 0 Å². The van der Waals surface area contributed by atoms with Gasteiger partial charge in [-0.1, -0.05) is 43.9 Å². The predicted molar refractivity (Wildman–Crippen MR) is 90.7 cm³/mol. The average molecular weight is 304 g/mol. The molecule has 122 valence electrons. The SMILES string of the molecule is C=CCOC[C@H]1O[C@H](C#CCCCCC)C=C[C@@H]1OCC=C. The Morgan fingerprint density at radius 1 is 1.18 bits per heavy atom. The lowest BCUT2D eigenvalue weighted by atomic mass is 10.1. The van der Waals surface area contributed by atoms with Gasteiger partial charge in [0.1, 0.15) is 18.3 Å². The molecule has 1 aliphatic heterocycles. The van der Waals surface area contributed by atoms with Gasteiger partial charge in [0.2, 0.25) is 0 Å².